The van der Waals surface area contributed by atoms with E-state index in [2.05, 4.69) is 35.3 Å². The Morgan fingerprint density at radius 3 is 2.42 bits per heavy atom. The normalized spacial score (nSPS) is 18.2. The van der Waals surface area contributed by atoms with Crippen molar-refractivity contribution in [3.05, 3.63) is 78.1 Å². The van der Waals surface area contributed by atoms with Gasteiger partial charge in [0.15, 0.2) is 17.5 Å². The van der Waals surface area contributed by atoms with Crippen molar-refractivity contribution in [3.8, 4) is 22.6 Å². The molecule has 2 aromatic carbocycles. The topological polar surface area (TPSA) is 73.0 Å². The molecule has 31 heavy (non-hydrogen) atoms. The van der Waals surface area contributed by atoms with Crippen LogP contribution in [0.5, 0.6) is 11.5 Å². The van der Waals surface area contributed by atoms with Gasteiger partial charge in [-0.1, -0.05) is 30.3 Å². The summed E-state index contributed by atoms with van der Waals surface area (Å²) in [6.07, 6.45) is 3.67. The number of nitrogens with two attached hydrogens (primary N) is 1. The predicted molar refractivity (Wildman–Crippen MR) is 123 cm³/mol. The molecule has 1 unspecified atom stereocenters. The second-order valence-corrected chi connectivity index (χ2v) is 8.04. The number of likely N-dealkylation sites (N-methyl/N-ethyl adjacent to an activating group) is 1. The van der Waals surface area contributed by atoms with Crippen LogP contribution in [0.2, 0.25) is 0 Å². The molecule has 0 fully saturated rings. The van der Waals surface area contributed by atoms with Crippen LogP contribution in [0.1, 0.15) is 25.0 Å². The van der Waals surface area contributed by atoms with E-state index >= 15 is 0 Å². The third-order valence-electron chi connectivity index (χ3n) is 5.50. The number of hydrogen-bond acceptors (Lipinski definition) is 6. The first-order valence-corrected chi connectivity index (χ1v) is 10.4. The fourth-order valence-electron chi connectivity index (χ4n) is 3.99. The zero-order chi connectivity index (χ0) is 22.0. The Kier molecular flexibility index (Phi) is 5.55. The van der Waals surface area contributed by atoms with Gasteiger partial charge in [0.2, 0.25) is 0 Å². The van der Waals surface area contributed by atoms with Crippen molar-refractivity contribution < 1.29 is 9.47 Å². The zero-order valence-corrected chi connectivity index (χ0v) is 18.4. The van der Waals surface area contributed by atoms with Crippen molar-refractivity contribution in [3.63, 3.8) is 0 Å². The van der Waals surface area contributed by atoms with Crippen LogP contribution in [-0.4, -0.2) is 42.6 Å². The van der Waals surface area contributed by atoms with E-state index in [0.717, 1.165) is 22.3 Å². The minimum Gasteiger partial charge on any atom is -0.493 e. The summed E-state index contributed by atoms with van der Waals surface area (Å²) in [6.45, 7) is 4.63. The van der Waals surface area contributed by atoms with Gasteiger partial charge < -0.3 is 20.1 Å². The highest BCUT2D eigenvalue weighted by atomic mass is 16.5. The lowest BCUT2D eigenvalue weighted by molar-refractivity contribution is 0.229. The molecule has 1 atom stereocenters. The van der Waals surface area contributed by atoms with Gasteiger partial charge in [-0.05, 0) is 60.4 Å². The maximum absolute atomic E-state index is 6.26. The lowest BCUT2D eigenvalue weighted by Crippen LogP contribution is -2.34. The maximum Gasteiger partial charge on any atom is 0.192 e. The van der Waals surface area contributed by atoms with Crippen LogP contribution >= 0.6 is 0 Å². The van der Waals surface area contributed by atoms with Crippen molar-refractivity contribution in [2.75, 3.05) is 20.7 Å². The largest absolute Gasteiger partial charge is 0.493 e. The summed E-state index contributed by atoms with van der Waals surface area (Å²) in [5.41, 5.74) is 9.81. The number of methoxy groups -OCH3 is 1. The van der Waals surface area contributed by atoms with E-state index in [1.54, 1.807) is 13.3 Å². The lowest BCUT2D eigenvalue weighted by Gasteiger charge is -2.29. The van der Waals surface area contributed by atoms with Gasteiger partial charge in [0.25, 0.3) is 0 Å². The number of rotatable bonds is 6. The molecule has 1 aliphatic rings. The summed E-state index contributed by atoms with van der Waals surface area (Å²) in [6, 6.07) is 18.4. The molecule has 0 aliphatic carbocycles. The van der Waals surface area contributed by atoms with Gasteiger partial charge in [0.1, 0.15) is 5.54 Å². The molecule has 0 saturated heterocycles. The monoisotopic (exact) mass is 416 g/mol. The highest BCUT2D eigenvalue weighted by Gasteiger charge is 2.41. The van der Waals surface area contributed by atoms with E-state index in [1.807, 2.05) is 56.3 Å². The Labute approximate surface area is 183 Å². The first-order chi connectivity index (χ1) is 14.9. The Morgan fingerprint density at radius 2 is 1.77 bits per heavy atom. The molecule has 1 aromatic heterocycles. The Balaban J connectivity index is 1.87. The smallest absolute Gasteiger partial charge is 0.192 e. The molecule has 2 N–H and O–H groups in total. The Hall–Kier alpha value is -3.54. The van der Waals surface area contributed by atoms with Gasteiger partial charge in [0, 0.05) is 19.4 Å². The molecule has 0 radical (unpaired) electrons. The summed E-state index contributed by atoms with van der Waals surface area (Å²) in [4.78, 5) is 11.2. The van der Waals surface area contributed by atoms with Gasteiger partial charge in [-0.25, -0.2) is 4.99 Å². The SMILES string of the molecule is COc1ccc(C2(c3cccc(-c4cccnc4)c3)CN(C)C(N)=N2)cc1OC(C)C. The number of aliphatic imine (C=N–C) groups is 1. The fourth-order valence-corrected chi connectivity index (χ4v) is 3.99. The molecule has 1 aliphatic heterocycles. The quantitative estimate of drug-likeness (QED) is 0.656. The molecule has 0 amide bonds. The summed E-state index contributed by atoms with van der Waals surface area (Å²) in [5.74, 6) is 1.90. The van der Waals surface area contributed by atoms with E-state index in [0.29, 0.717) is 24.0 Å². The van der Waals surface area contributed by atoms with E-state index in [-0.39, 0.29) is 6.10 Å². The number of benzene rings is 2. The Morgan fingerprint density at radius 1 is 1.00 bits per heavy atom. The third-order valence-corrected chi connectivity index (χ3v) is 5.50. The zero-order valence-electron chi connectivity index (χ0n) is 18.4. The van der Waals surface area contributed by atoms with Gasteiger partial charge in [-0.15, -0.1) is 0 Å². The third kappa shape index (κ3) is 3.93. The molecule has 4 rings (SSSR count). The minimum atomic E-state index is -0.654. The second kappa shape index (κ2) is 8.30. The van der Waals surface area contributed by atoms with E-state index < -0.39 is 5.54 Å². The average Bonchev–Trinajstić information content (AvgIpc) is 3.09. The van der Waals surface area contributed by atoms with Gasteiger partial charge in [-0.2, -0.15) is 0 Å². The van der Waals surface area contributed by atoms with E-state index in [4.69, 9.17) is 20.2 Å². The molecule has 3 aromatic rings. The van der Waals surface area contributed by atoms with E-state index in [9.17, 15) is 0 Å². The van der Waals surface area contributed by atoms with Gasteiger partial charge in [-0.3, -0.25) is 4.98 Å². The van der Waals surface area contributed by atoms with Gasteiger partial charge >= 0.3 is 0 Å². The highest BCUT2D eigenvalue weighted by molar-refractivity contribution is 5.82. The number of aromatic nitrogens is 1. The van der Waals surface area contributed by atoms with Crippen LogP contribution in [-0.2, 0) is 5.54 Å². The van der Waals surface area contributed by atoms with Crippen molar-refractivity contribution in [2.24, 2.45) is 10.7 Å². The first-order valence-electron chi connectivity index (χ1n) is 10.4. The lowest BCUT2D eigenvalue weighted by atomic mass is 9.82. The predicted octanol–water partition coefficient (Wildman–Crippen LogP) is 4.05. The summed E-state index contributed by atoms with van der Waals surface area (Å²) >= 11 is 0. The van der Waals surface area contributed by atoms with Crippen molar-refractivity contribution in [2.45, 2.75) is 25.5 Å². The molecular weight excluding hydrogens is 388 g/mol. The van der Waals surface area contributed by atoms with Crippen LogP contribution in [0.25, 0.3) is 11.1 Å². The fraction of sp³-hybridized carbons (Fsp3) is 0.280. The molecule has 2 heterocycles. The standard InChI is InChI=1S/C25H28N4O2/c1-17(2)31-23-14-21(10-11-22(23)30-4)25(16-29(3)24(26)28-25)20-9-5-7-18(13-20)19-8-6-12-27-15-19/h5-15,17H,16H2,1-4H3,(H2,26,28). The number of ether oxygens (including phenoxy) is 2. The van der Waals surface area contributed by atoms with Crippen LogP contribution < -0.4 is 15.2 Å². The number of nitrogens with zero attached hydrogens (tertiary/aromatic N) is 3. The van der Waals surface area contributed by atoms with E-state index in [1.165, 1.54) is 0 Å². The molecule has 0 spiro atoms. The number of guanidine groups is 1. The molecule has 6 heteroatoms. The molecular formula is C25H28N4O2. The number of pyridine rings is 1. The maximum atomic E-state index is 6.26. The molecule has 160 valence electrons. The Bertz CT molecular complexity index is 1100. The van der Waals surface area contributed by atoms with Crippen molar-refractivity contribution in [1.29, 1.82) is 0 Å². The number of hydrogen-bond donors (Lipinski definition) is 1. The second-order valence-electron chi connectivity index (χ2n) is 8.04. The van der Waals surface area contributed by atoms with Crippen LogP contribution in [0.15, 0.2) is 72.0 Å². The summed E-state index contributed by atoms with van der Waals surface area (Å²) < 4.78 is 11.6. The average molecular weight is 417 g/mol. The molecule has 0 saturated carbocycles. The van der Waals surface area contributed by atoms with Crippen molar-refractivity contribution >= 4 is 5.96 Å². The van der Waals surface area contributed by atoms with Crippen molar-refractivity contribution in [1.82, 2.24) is 9.88 Å². The van der Waals surface area contributed by atoms with Gasteiger partial charge in [0.05, 0.1) is 19.8 Å². The van der Waals surface area contributed by atoms with Crippen LogP contribution in [0.4, 0.5) is 0 Å². The van der Waals surface area contributed by atoms with Crippen LogP contribution in [0, 0.1) is 0 Å². The first kappa shape index (κ1) is 20.7. The molecule has 6 nitrogen and oxygen atoms in total. The summed E-state index contributed by atoms with van der Waals surface area (Å²) in [5, 5.41) is 0. The molecule has 0 bridgehead atoms. The summed E-state index contributed by atoms with van der Waals surface area (Å²) in [7, 11) is 3.61. The minimum absolute atomic E-state index is 0.0221. The van der Waals surface area contributed by atoms with Crippen LogP contribution in [0.3, 0.4) is 0 Å². The highest BCUT2D eigenvalue weighted by Crippen LogP contribution is 2.42.